The summed E-state index contributed by atoms with van der Waals surface area (Å²) in [5, 5.41) is 13.9. The third kappa shape index (κ3) is 4.57. The average molecular weight is 276 g/mol. The lowest BCUT2D eigenvalue weighted by Gasteiger charge is -2.17. The molecule has 0 bridgehead atoms. The Labute approximate surface area is 118 Å². The number of carbonyl (C=O) groups is 2. The maximum Gasteiger partial charge on any atom is 0.314 e. The van der Waals surface area contributed by atoms with E-state index in [1.54, 1.807) is 0 Å². The zero-order valence-electron chi connectivity index (χ0n) is 11.3. The SMILES string of the molecule is O=C(O)CCNC(=O)NCC(c1ccccc1)C1CC1. The van der Waals surface area contributed by atoms with Crippen molar-refractivity contribution in [2.45, 2.75) is 25.2 Å². The van der Waals surface area contributed by atoms with Crippen LogP contribution in [0.5, 0.6) is 0 Å². The first-order valence-electron chi connectivity index (χ1n) is 6.95. The summed E-state index contributed by atoms with van der Waals surface area (Å²) in [6.45, 7) is 0.744. The summed E-state index contributed by atoms with van der Waals surface area (Å²) in [6, 6.07) is 9.89. The first kappa shape index (κ1) is 14.4. The van der Waals surface area contributed by atoms with Gasteiger partial charge in [0.1, 0.15) is 0 Å². The smallest absolute Gasteiger partial charge is 0.314 e. The molecule has 0 saturated heterocycles. The van der Waals surface area contributed by atoms with Crippen LogP contribution in [0.3, 0.4) is 0 Å². The summed E-state index contributed by atoms with van der Waals surface area (Å²) in [6.07, 6.45) is 2.36. The van der Waals surface area contributed by atoms with Crippen molar-refractivity contribution in [3.63, 3.8) is 0 Å². The number of carbonyl (C=O) groups excluding carboxylic acids is 1. The minimum atomic E-state index is -0.912. The van der Waals surface area contributed by atoms with E-state index in [1.165, 1.54) is 18.4 Å². The van der Waals surface area contributed by atoms with E-state index in [9.17, 15) is 9.59 Å². The van der Waals surface area contributed by atoms with Crippen LogP contribution in [-0.4, -0.2) is 30.2 Å². The second kappa shape index (κ2) is 6.93. The Balaban J connectivity index is 1.78. The summed E-state index contributed by atoms with van der Waals surface area (Å²) < 4.78 is 0. The summed E-state index contributed by atoms with van der Waals surface area (Å²) in [7, 11) is 0. The van der Waals surface area contributed by atoms with Gasteiger partial charge in [0, 0.05) is 19.0 Å². The highest BCUT2D eigenvalue weighted by molar-refractivity contribution is 5.75. The summed E-state index contributed by atoms with van der Waals surface area (Å²) in [4.78, 5) is 21.9. The molecule has 5 nitrogen and oxygen atoms in total. The van der Waals surface area contributed by atoms with Crippen LogP contribution in [0.15, 0.2) is 30.3 Å². The second-order valence-electron chi connectivity index (χ2n) is 5.14. The maximum atomic E-state index is 11.6. The van der Waals surface area contributed by atoms with E-state index in [-0.39, 0.29) is 19.0 Å². The van der Waals surface area contributed by atoms with E-state index < -0.39 is 5.97 Å². The van der Waals surface area contributed by atoms with Crippen LogP contribution in [0.25, 0.3) is 0 Å². The highest BCUT2D eigenvalue weighted by Gasteiger charge is 2.32. The van der Waals surface area contributed by atoms with E-state index in [4.69, 9.17) is 5.11 Å². The van der Waals surface area contributed by atoms with Gasteiger partial charge in [-0.1, -0.05) is 30.3 Å². The van der Waals surface area contributed by atoms with Crippen molar-refractivity contribution < 1.29 is 14.7 Å². The molecular weight excluding hydrogens is 256 g/mol. The van der Waals surface area contributed by atoms with Crippen LogP contribution in [0, 0.1) is 5.92 Å². The molecule has 0 aromatic heterocycles. The van der Waals surface area contributed by atoms with Crippen LogP contribution in [0.2, 0.25) is 0 Å². The number of amides is 2. The molecule has 3 N–H and O–H groups in total. The van der Waals surface area contributed by atoms with E-state index in [1.807, 2.05) is 18.2 Å². The van der Waals surface area contributed by atoms with Crippen molar-refractivity contribution in [2.75, 3.05) is 13.1 Å². The Morgan fingerprint density at radius 1 is 1.20 bits per heavy atom. The van der Waals surface area contributed by atoms with E-state index in [2.05, 4.69) is 22.8 Å². The largest absolute Gasteiger partial charge is 0.481 e. The Kier molecular flexibility index (Phi) is 4.98. The van der Waals surface area contributed by atoms with Gasteiger partial charge in [-0.15, -0.1) is 0 Å². The van der Waals surface area contributed by atoms with Crippen LogP contribution in [0.4, 0.5) is 4.79 Å². The fourth-order valence-electron chi connectivity index (χ4n) is 2.30. The van der Waals surface area contributed by atoms with Crippen LogP contribution < -0.4 is 10.6 Å². The van der Waals surface area contributed by atoms with E-state index >= 15 is 0 Å². The Bertz CT molecular complexity index is 457. The van der Waals surface area contributed by atoms with Gasteiger partial charge in [-0.2, -0.15) is 0 Å². The van der Waals surface area contributed by atoms with Gasteiger partial charge >= 0.3 is 12.0 Å². The second-order valence-corrected chi connectivity index (χ2v) is 5.14. The number of nitrogens with one attached hydrogen (secondary N) is 2. The van der Waals surface area contributed by atoms with Gasteiger partial charge in [0.15, 0.2) is 0 Å². The van der Waals surface area contributed by atoms with Crippen LogP contribution in [-0.2, 0) is 4.79 Å². The van der Waals surface area contributed by atoms with Crippen molar-refractivity contribution in [3.8, 4) is 0 Å². The number of rotatable bonds is 7. The zero-order valence-corrected chi connectivity index (χ0v) is 11.3. The first-order valence-corrected chi connectivity index (χ1v) is 6.95. The minimum Gasteiger partial charge on any atom is -0.481 e. The Morgan fingerprint density at radius 3 is 2.50 bits per heavy atom. The third-order valence-corrected chi connectivity index (χ3v) is 3.53. The van der Waals surface area contributed by atoms with Gasteiger partial charge < -0.3 is 15.7 Å². The van der Waals surface area contributed by atoms with Crippen molar-refractivity contribution >= 4 is 12.0 Å². The van der Waals surface area contributed by atoms with Crippen molar-refractivity contribution in [1.82, 2.24) is 10.6 Å². The minimum absolute atomic E-state index is 0.0574. The number of aliphatic carboxylic acids is 1. The Hall–Kier alpha value is -2.04. The van der Waals surface area contributed by atoms with E-state index in [0.29, 0.717) is 18.4 Å². The molecule has 1 aliphatic rings. The van der Waals surface area contributed by atoms with Gasteiger partial charge in [0.25, 0.3) is 0 Å². The van der Waals surface area contributed by atoms with Crippen molar-refractivity contribution in [3.05, 3.63) is 35.9 Å². The molecule has 1 aromatic carbocycles. The molecule has 108 valence electrons. The molecule has 2 rings (SSSR count). The molecule has 0 radical (unpaired) electrons. The van der Waals surface area contributed by atoms with Crippen molar-refractivity contribution in [2.24, 2.45) is 5.92 Å². The highest BCUT2D eigenvalue weighted by atomic mass is 16.4. The van der Waals surface area contributed by atoms with Gasteiger partial charge in [-0.05, 0) is 24.3 Å². The van der Waals surface area contributed by atoms with Gasteiger partial charge in [0.2, 0.25) is 0 Å². The molecule has 1 saturated carbocycles. The van der Waals surface area contributed by atoms with Gasteiger partial charge in [-0.3, -0.25) is 4.79 Å². The van der Waals surface area contributed by atoms with Crippen LogP contribution in [0.1, 0.15) is 30.7 Å². The predicted molar refractivity (Wildman–Crippen MR) is 75.6 cm³/mol. The molecule has 1 unspecified atom stereocenters. The lowest BCUT2D eigenvalue weighted by Crippen LogP contribution is -2.39. The van der Waals surface area contributed by atoms with Crippen molar-refractivity contribution in [1.29, 1.82) is 0 Å². The molecule has 1 aromatic rings. The van der Waals surface area contributed by atoms with Crippen LogP contribution >= 0.6 is 0 Å². The zero-order chi connectivity index (χ0) is 14.4. The first-order chi connectivity index (χ1) is 9.66. The number of benzene rings is 1. The molecule has 0 heterocycles. The molecule has 2 amide bonds. The molecule has 1 aliphatic carbocycles. The maximum absolute atomic E-state index is 11.6. The average Bonchev–Trinajstić information content (AvgIpc) is 3.24. The molecule has 20 heavy (non-hydrogen) atoms. The number of urea groups is 1. The van der Waals surface area contributed by atoms with E-state index in [0.717, 1.165) is 0 Å². The predicted octanol–water partition coefficient (Wildman–Crippen LogP) is 1.95. The summed E-state index contributed by atoms with van der Waals surface area (Å²) >= 11 is 0. The topological polar surface area (TPSA) is 78.4 Å². The standard InChI is InChI=1S/C15H20N2O3/c18-14(19)8-9-16-15(20)17-10-13(12-6-7-12)11-4-2-1-3-5-11/h1-5,12-13H,6-10H2,(H,18,19)(H2,16,17,20). The summed E-state index contributed by atoms with van der Waals surface area (Å²) in [5.41, 5.74) is 1.25. The Morgan fingerprint density at radius 2 is 1.90 bits per heavy atom. The quantitative estimate of drug-likeness (QED) is 0.712. The lowest BCUT2D eigenvalue weighted by atomic mass is 9.94. The molecule has 1 fully saturated rings. The van der Waals surface area contributed by atoms with Gasteiger partial charge in [-0.25, -0.2) is 4.79 Å². The number of carboxylic acid groups (broad SMARTS) is 1. The molecular formula is C15H20N2O3. The number of hydrogen-bond donors (Lipinski definition) is 3. The summed E-state index contributed by atoms with van der Waals surface area (Å²) in [5.74, 6) is 0.0867. The lowest BCUT2D eigenvalue weighted by molar-refractivity contribution is -0.136. The third-order valence-electron chi connectivity index (χ3n) is 3.53. The molecule has 0 aliphatic heterocycles. The fraction of sp³-hybridized carbons (Fsp3) is 0.467. The molecule has 5 heteroatoms. The molecule has 1 atom stereocenters. The molecule has 0 spiro atoms. The normalized spacial score (nSPS) is 15.4. The monoisotopic (exact) mass is 276 g/mol. The fourth-order valence-corrected chi connectivity index (χ4v) is 2.30. The van der Waals surface area contributed by atoms with Gasteiger partial charge in [0.05, 0.1) is 6.42 Å². The number of hydrogen-bond acceptors (Lipinski definition) is 2. The highest BCUT2D eigenvalue weighted by Crippen LogP contribution is 2.42. The number of carboxylic acids is 1.